The first-order chi connectivity index (χ1) is 14.9. The lowest BCUT2D eigenvalue weighted by Gasteiger charge is -2.22. The first-order valence-corrected chi connectivity index (χ1v) is 11.0. The van der Waals surface area contributed by atoms with Crippen molar-refractivity contribution in [1.82, 2.24) is 19.7 Å². The number of aromatic nitrogens is 3. The number of amides is 2. The van der Waals surface area contributed by atoms with E-state index in [4.69, 9.17) is 4.74 Å². The molecule has 0 bridgehead atoms. The molecule has 3 rings (SSSR count). The Morgan fingerprint density at radius 2 is 2.10 bits per heavy atom. The highest BCUT2D eigenvalue weighted by Gasteiger charge is 2.18. The average molecular weight is 442 g/mol. The van der Waals surface area contributed by atoms with Gasteiger partial charge in [-0.3, -0.25) is 14.3 Å². The molecule has 31 heavy (non-hydrogen) atoms. The molecule has 2 heterocycles. The molecule has 0 aliphatic heterocycles. The summed E-state index contributed by atoms with van der Waals surface area (Å²) in [6, 6.07) is 7.82. The van der Waals surface area contributed by atoms with E-state index in [-0.39, 0.29) is 12.5 Å². The second-order valence-electron chi connectivity index (χ2n) is 7.50. The number of rotatable bonds is 11. The third-order valence-electron chi connectivity index (χ3n) is 4.58. The Kier molecular flexibility index (Phi) is 7.77. The predicted octanol–water partition coefficient (Wildman–Crippen LogP) is 3.45. The minimum Gasteiger partial charge on any atom is -0.492 e. The molecule has 0 fully saturated rings. The van der Waals surface area contributed by atoms with E-state index in [1.807, 2.05) is 36.6 Å². The van der Waals surface area contributed by atoms with E-state index in [1.165, 1.54) is 10.9 Å². The van der Waals surface area contributed by atoms with Crippen molar-refractivity contribution in [1.29, 1.82) is 0 Å². The molecular weight excluding hydrogens is 414 g/mol. The summed E-state index contributed by atoms with van der Waals surface area (Å²) in [4.78, 5) is 30.0. The molecule has 0 radical (unpaired) electrons. The molecule has 0 unspecified atom stereocenters. The summed E-state index contributed by atoms with van der Waals surface area (Å²) in [6.07, 6.45) is 3.70. The maximum absolute atomic E-state index is 13.0. The second kappa shape index (κ2) is 10.7. The molecule has 0 saturated carbocycles. The van der Waals surface area contributed by atoms with E-state index in [9.17, 15) is 9.59 Å². The molecule has 2 amide bonds. The number of ether oxygens (including phenoxy) is 1. The van der Waals surface area contributed by atoms with E-state index in [0.717, 1.165) is 22.0 Å². The zero-order chi connectivity index (χ0) is 22.2. The first-order valence-electron chi connectivity index (χ1n) is 10.1. The second-order valence-corrected chi connectivity index (χ2v) is 8.39. The van der Waals surface area contributed by atoms with Gasteiger partial charge in [-0.25, -0.2) is 4.98 Å². The lowest BCUT2D eigenvalue weighted by molar-refractivity contribution is -0.133. The van der Waals surface area contributed by atoms with Crippen LogP contribution in [0.25, 0.3) is 0 Å². The van der Waals surface area contributed by atoms with Crippen molar-refractivity contribution in [3.63, 3.8) is 0 Å². The number of hydrogen-bond donors (Lipinski definition) is 1. The highest BCUT2D eigenvalue weighted by Crippen LogP contribution is 2.20. The average Bonchev–Trinajstić information content (AvgIpc) is 3.38. The van der Waals surface area contributed by atoms with Gasteiger partial charge in [0.15, 0.2) is 0 Å². The first kappa shape index (κ1) is 22.5. The van der Waals surface area contributed by atoms with Crippen molar-refractivity contribution in [2.45, 2.75) is 39.8 Å². The Balaban J connectivity index is 1.66. The fourth-order valence-electron chi connectivity index (χ4n) is 2.89. The van der Waals surface area contributed by atoms with Crippen LogP contribution in [0.2, 0.25) is 0 Å². The summed E-state index contributed by atoms with van der Waals surface area (Å²) >= 11 is 1.61. The highest BCUT2D eigenvalue weighted by atomic mass is 32.1. The molecule has 8 nitrogen and oxygen atoms in total. The molecule has 0 aliphatic rings. The van der Waals surface area contributed by atoms with Gasteiger partial charge in [-0.2, -0.15) is 5.10 Å². The van der Waals surface area contributed by atoms with E-state index >= 15 is 0 Å². The zero-order valence-electron chi connectivity index (χ0n) is 17.9. The van der Waals surface area contributed by atoms with Crippen molar-refractivity contribution in [3.8, 4) is 5.75 Å². The number of nitrogens with one attached hydrogen (secondary N) is 1. The van der Waals surface area contributed by atoms with E-state index in [0.29, 0.717) is 37.7 Å². The van der Waals surface area contributed by atoms with Crippen LogP contribution in [0.5, 0.6) is 5.75 Å². The number of hydrogen-bond acceptors (Lipinski definition) is 6. The minimum absolute atomic E-state index is 0.0617. The van der Waals surface area contributed by atoms with Crippen LogP contribution >= 0.6 is 11.3 Å². The Hall–Kier alpha value is -3.20. The van der Waals surface area contributed by atoms with E-state index < -0.39 is 0 Å². The Bertz CT molecular complexity index is 997. The molecule has 2 aromatic heterocycles. The third kappa shape index (κ3) is 6.65. The van der Waals surface area contributed by atoms with Gasteiger partial charge in [0.1, 0.15) is 18.9 Å². The molecule has 1 N–H and O–H groups in total. The maximum Gasteiger partial charge on any atom is 0.244 e. The number of anilines is 1. The zero-order valence-corrected chi connectivity index (χ0v) is 18.8. The molecule has 1 aromatic carbocycles. The number of nitrogens with zero attached hydrogens (tertiary/aromatic N) is 4. The summed E-state index contributed by atoms with van der Waals surface area (Å²) < 4.78 is 7.33. The molecule has 0 atom stereocenters. The topological polar surface area (TPSA) is 89.4 Å². The third-order valence-corrected chi connectivity index (χ3v) is 5.77. The van der Waals surface area contributed by atoms with Crippen LogP contribution in [-0.4, -0.2) is 45.1 Å². The van der Waals surface area contributed by atoms with Crippen molar-refractivity contribution in [2.24, 2.45) is 0 Å². The standard InChI is InChI=1S/C22H27N5O3S/c1-16(2)22-25-19(14-31-22)11-26(8-9-30-20-6-4-17(3)5-7-20)21(29)13-27-12-18(10-24-27)23-15-28/h4-7,10,12,14-16H,8-9,11,13H2,1-3H3,(H,23,28). The summed E-state index contributed by atoms with van der Waals surface area (Å²) in [6.45, 7) is 7.48. The van der Waals surface area contributed by atoms with Gasteiger partial charge in [0.2, 0.25) is 12.3 Å². The predicted molar refractivity (Wildman–Crippen MR) is 120 cm³/mol. The number of carbonyl (C=O) groups excluding carboxylic acids is 2. The number of aryl methyl sites for hydroxylation is 1. The van der Waals surface area contributed by atoms with Gasteiger partial charge in [-0.15, -0.1) is 11.3 Å². The number of carbonyl (C=O) groups is 2. The van der Waals surface area contributed by atoms with Crippen LogP contribution in [0.3, 0.4) is 0 Å². The molecule has 164 valence electrons. The molecule has 0 saturated heterocycles. The summed E-state index contributed by atoms with van der Waals surface area (Å²) in [5.41, 5.74) is 2.57. The SMILES string of the molecule is Cc1ccc(OCCN(Cc2csc(C(C)C)n2)C(=O)Cn2cc(NC=O)cn2)cc1. The van der Waals surface area contributed by atoms with Gasteiger partial charge in [-0.05, 0) is 19.1 Å². The molecule has 0 aliphatic carbocycles. The Morgan fingerprint density at radius 3 is 2.77 bits per heavy atom. The van der Waals surface area contributed by atoms with Crippen molar-refractivity contribution in [2.75, 3.05) is 18.5 Å². The van der Waals surface area contributed by atoms with E-state index in [1.54, 1.807) is 22.4 Å². The van der Waals surface area contributed by atoms with Gasteiger partial charge in [0, 0.05) is 17.5 Å². The molecule has 9 heteroatoms. The van der Waals surface area contributed by atoms with Gasteiger partial charge in [0.05, 0.1) is 35.7 Å². The smallest absolute Gasteiger partial charge is 0.244 e. The van der Waals surface area contributed by atoms with Crippen LogP contribution in [0, 0.1) is 6.92 Å². The van der Waals surface area contributed by atoms with Gasteiger partial charge in [-0.1, -0.05) is 31.5 Å². The quantitative estimate of drug-likeness (QED) is 0.461. The molecule has 0 spiro atoms. The summed E-state index contributed by atoms with van der Waals surface area (Å²) in [5.74, 6) is 1.01. The normalized spacial score (nSPS) is 10.8. The fraction of sp³-hybridized carbons (Fsp3) is 0.364. The van der Waals surface area contributed by atoms with Gasteiger partial charge >= 0.3 is 0 Å². The van der Waals surface area contributed by atoms with Crippen LogP contribution < -0.4 is 10.1 Å². The lowest BCUT2D eigenvalue weighted by Crippen LogP contribution is -2.36. The fourth-order valence-corrected chi connectivity index (χ4v) is 3.71. The largest absolute Gasteiger partial charge is 0.492 e. The Labute approximate surface area is 185 Å². The minimum atomic E-state index is -0.104. The van der Waals surface area contributed by atoms with Crippen molar-refractivity contribution < 1.29 is 14.3 Å². The monoisotopic (exact) mass is 441 g/mol. The van der Waals surface area contributed by atoms with E-state index in [2.05, 4.69) is 29.2 Å². The summed E-state index contributed by atoms with van der Waals surface area (Å²) in [7, 11) is 0. The molecule has 3 aromatic rings. The summed E-state index contributed by atoms with van der Waals surface area (Å²) in [5, 5.41) is 9.70. The van der Waals surface area contributed by atoms with Crippen molar-refractivity contribution in [3.05, 3.63) is 58.3 Å². The maximum atomic E-state index is 13.0. The number of benzene rings is 1. The van der Waals surface area contributed by atoms with Gasteiger partial charge < -0.3 is 15.0 Å². The Morgan fingerprint density at radius 1 is 1.32 bits per heavy atom. The van der Waals surface area contributed by atoms with Gasteiger partial charge in [0.25, 0.3) is 0 Å². The van der Waals surface area contributed by atoms with Crippen LogP contribution in [0.1, 0.15) is 36.0 Å². The highest BCUT2D eigenvalue weighted by molar-refractivity contribution is 7.09. The van der Waals surface area contributed by atoms with Crippen LogP contribution in [0.4, 0.5) is 5.69 Å². The van der Waals surface area contributed by atoms with Crippen LogP contribution in [-0.2, 0) is 22.7 Å². The molecular formula is C22H27N5O3S. The van der Waals surface area contributed by atoms with Crippen molar-refractivity contribution >= 4 is 29.3 Å². The lowest BCUT2D eigenvalue weighted by atomic mass is 10.2. The number of thiazole rings is 1. The van der Waals surface area contributed by atoms with Crippen LogP contribution in [0.15, 0.2) is 42.0 Å².